The lowest BCUT2D eigenvalue weighted by molar-refractivity contribution is -0.179. The predicted molar refractivity (Wildman–Crippen MR) is 216 cm³/mol. The Bertz CT molecular complexity index is 1880. The van der Waals surface area contributed by atoms with Crippen molar-refractivity contribution in [2.75, 3.05) is 25.1 Å². The quantitative estimate of drug-likeness (QED) is 0.0443. The highest BCUT2D eigenvalue weighted by atomic mass is 35.5. The van der Waals surface area contributed by atoms with Gasteiger partial charge in [0.25, 0.3) is 5.91 Å². The standard InChI is InChI=1S/C37H55ClN8O11S/c1-11-13-15-53-24-20-46(54-16-14-12-2)21(17-23(24)47)18-39-32(51)40-19-22-25(29(48)41-22)42-30(49)27(45-57-37(9,10)31(50)55-35(3,4)5)26-28(38)58-33(43-26)44-34(52)56-36(6,7)8/h17,20,22,25H,11-16,18-19H2,1-10H3,(H,41,48)(H,42,49)(H2,39,40,51)(H,43,44,52)/b45-27-/t22-,25+/m1/s1. The summed E-state index contributed by atoms with van der Waals surface area (Å²) in [5, 5.41) is 16.8. The first-order valence-electron chi connectivity index (χ1n) is 18.8. The van der Waals surface area contributed by atoms with Crippen LogP contribution in [0.5, 0.6) is 5.75 Å². The van der Waals surface area contributed by atoms with Crippen molar-refractivity contribution in [3.8, 4) is 5.75 Å². The van der Waals surface area contributed by atoms with Crippen LogP contribution in [-0.4, -0.2) is 94.0 Å². The monoisotopic (exact) mass is 854 g/mol. The van der Waals surface area contributed by atoms with Gasteiger partial charge in [-0.25, -0.2) is 19.4 Å². The third kappa shape index (κ3) is 14.7. The summed E-state index contributed by atoms with van der Waals surface area (Å²) in [5.41, 5.74) is -4.15. The highest BCUT2D eigenvalue weighted by Crippen LogP contribution is 2.30. The van der Waals surface area contributed by atoms with E-state index in [-0.39, 0.29) is 39.4 Å². The third-order valence-corrected chi connectivity index (χ3v) is 8.81. The number of nitrogens with zero attached hydrogens (tertiary/aromatic N) is 3. The summed E-state index contributed by atoms with van der Waals surface area (Å²) >= 11 is 7.27. The zero-order chi connectivity index (χ0) is 43.4. The van der Waals surface area contributed by atoms with Crippen molar-refractivity contribution >= 4 is 63.7 Å². The topological polar surface area (TPSA) is 239 Å². The number of esters is 1. The highest BCUT2D eigenvalue weighted by molar-refractivity contribution is 7.20. The Morgan fingerprint density at radius 2 is 1.62 bits per heavy atom. The van der Waals surface area contributed by atoms with Gasteiger partial charge >= 0.3 is 18.1 Å². The van der Waals surface area contributed by atoms with E-state index >= 15 is 0 Å². The molecule has 1 fully saturated rings. The van der Waals surface area contributed by atoms with Gasteiger partial charge in [0.15, 0.2) is 16.6 Å². The maximum Gasteiger partial charge on any atom is 0.413 e. The highest BCUT2D eigenvalue weighted by Gasteiger charge is 2.42. The molecule has 0 bridgehead atoms. The molecule has 3 rings (SSSR count). The summed E-state index contributed by atoms with van der Waals surface area (Å²) in [4.78, 5) is 93.0. The van der Waals surface area contributed by atoms with Crippen molar-refractivity contribution in [1.82, 2.24) is 31.0 Å². The Kier molecular flexibility index (Phi) is 16.7. The number of carbonyl (C=O) groups excluding carboxylic acids is 5. The second-order valence-electron chi connectivity index (χ2n) is 15.6. The summed E-state index contributed by atoms with van der Waals surface area (Å²) in [6.07, 6.45) is 3.95. The number of unbranched alkanes of at least 4 members (excludes halogenated alkanes) is 2. The van der Waals surface area contributed by atoms with Crippen molar-refractivity contribution in [2.24, 2.45) is 5.16 Å². The minimum Gasteiger partial charge on any atom is -0.488 e. The molecule has 3 heterocycles. The predicted octanol–water partition coefficient (Wildman–Crippen LogP) is 4.04. The summed E-state index contributed by atoms with van der Waals surface area (Å²) < 4.78 is 17.6. The number of anilines is 1. The first-order valence-corrected chi connectivity index (χ1v) is 20.0. The number of hydrogen-bond acceptors (Lipinski definition) is 14. The van der Waals surface area contributed by atoms with Gasteiger partial charge in [0.2, 0.25) is 16.9 Å². The Balaban J connectivity index is 1.75. The Hall–Kier alpha value is -5.11. The van der Waals surface area contributed by atoms with Crippen LogP contribution in [0, 0.1) is 0 Å². The first kappa shape index (κ1) is 47.3. The number of aromatic nitrogens is 2. The maximum atomic E-state index is 13.8. The fourth-order valence-electron chi connectivity index (χ4n) is 4.64. The van der Waals surface area contributed by atoms with E-state index < -0.39 is 64.5 Å². The lowest BCUT2D eigenvalue weighted by atomic mass is 9.98. The smallest absolute Gasteiger partial charge is 0.413 e. The van der Waals surface area contributed by atoms with E-state index in [9.17, 15) is 28.8 Å². The molecule has 1 aliphatic rings. The molecule has 58 heavy (non-hydrogen) atoms. The molecule has 21 heteroatoms. The zero-order valence-electron chi connectivity index (χ0n) is 34.6. The van der Waals surface area contributed by atoms with E-state index in [1.807, 2.05) is 13.8 Å². The molecule has 5 N–H and O–H groups in total. The summed E-state index contributed by atoms with van der Waals surface area (Å²) in [5.74, 6) is -2.20. The molecule has 5 amide bonds. The van der Waals surface area contributed by atoms with Crippen LogP contribution in [0.4, 0.5) is 14.7 Å². The molecule has 1 saturated heterocycles. The largest absolute Gasteiger partial charge is 0.488 e. The lowest BCUT2D eigenvalue weighted by Crippen LogP contribution is -2.72. The molecule has 2 aromatic rings. The number of nitrogens with one attached hydrogen (secondary N) is 5. The van der Waals surface area contributed by atoms with Gasteiger partial charge in [-0.15, -0.1) is 0 Å². The van der Waals surface area contributed by atoms with Gasteiger partial charge in [-0.3, -0.25) is 19.7 Å². The fraction of sp³-hybridized carbons (Fsp3) is 0.622. The van der Waals surface area contributed by atoms with Crippen molar-refractivity contribution in [3.63, 3.8) is 0 Å². The minimum atomic E-state index is -1.70. The number of β-lactam (4-membered cyclic amide) rings is 1. The molecule has 0 aliphatic carbocycles. The third-order valence-electron chi connectivity index (χ3n) is 7.64. The zero-order valence-corrected chi connectivity index (χ0v) is 36.2. The Morgan fingerprint density at radius 3 is 2.24 bits per heavy atom. The van der Waals surface area contributed by atoms with Crippen LogP contribution in [0.3, 0.4) is 0 Å². The first-order chi connectivity index (χ1) is 27.0. The van der Waals surface area contributed by atoms with Crippen molar-refractivity contribution in [2.45, 2.75) is 130 Å². The number of carbonyl (C=O) groups is 5. The van der Waals surface area contributed by atoms with E-state index in [4.69, 9.17) is 35.5 Å². The Morgan fingerprint density at radius 1 is 0.966 bits per heavy atom. The van der Waals surface area contributed by atoms with Gasteiger partial charge in [0.1, 0.15) is 33.9 Å². The van der Waals surface area contributed by atoms with Crippen LogP contribution in [0.25, 0.3) is 0 Å². The molecule has 2 atom stereocenters. The van der Waals surface area contributed by atoms with Gasteiger partial charge in [-0.1, -0.05) is 54.8 Å². The van der Waals surface area contributed by atoms with E-state index in [1.165, 1.54) is 30.8 Å². The number of rotatable bonds is 19. The van der Waals surface area contributed by atoms with Crippen LogP contribution in [-0.2, 0) is 35.2 Å². The number of halogens is 1. The molecule has 1 aliphatic heterocycles. The van der Waals surface area contributed by atoms with Gasteiger partial charge in [-0.2, -0.15) is 4.73 Å². The van der Waals surface area contributed by atoms with Gasteiger partial charge in [0, 0.05) is 12.6 Å². The number of urea groups is 1. The van der Waals surface area contributed by atoms with Crippen LogP contribution < -0.4 is 41.6 Å². The molecule has 2 aromatic heterocycles. The molecular weight excluding hydrogens is 800 g/mol. The van der Waals surface area contributed by atoms with Crippen LogP contribution in [0.1, 0.15) is 106 Å². The SMILES string of the molecule is CCCCOc1cn(OCCCC)c(CNC(=O)NC[C@H]2NC(=O)[C@H]2NC(=O)/C(=N\OC(C)(C)C(=O)OC(C)(C)C)c2nc(NC(=O)OC(C)(C)C)sc2Cl)cc1=O. The van der Waals surface area contributed by atoms with Crippen molar-refractivity contribution in [1.29, 1.82) is 0 Å². The molecule has 0 saturated carbocycles. The minimum absolute atomic E-state index is 0.0450. The lowest BCUT2D eigenvalue weighted by Gasteiger charge is -2.37. The number of oxime groups is 1. The number of pyridine rings is 1. The van der Waals surface area contributed by atoms with E-state index in [1.54, 1.807) is 41.5 Å². The second kappa shape index (κ2) is 20.5. The van der Waals surface area contributed by atoms with E-state index in [2.05, 4.69) is 36.7 Å². The fourth-order valence-corrected chi connectivity index (χ4v) is 5.67. The molecule has 322 valence electrons. The molecule has 19 nitrogen and oxygen atoms in total. The average molecular weight is 855 g/mol. The number of thiazole rings is 1. The van der Waals surface area contributed by atoms with E-state index in [0.717, 1.165) is 37.0 Å². The number of ether oxygens (including phenoxy) is 3. The summed E-state index contributed by atoms with van der Waals surface area (Å²) in [6, 6.07) is -1.24. The maximum absolute atomic E-state index is 13.8. The van der Waals surface area contributed by atoms with Crippen LogP contribution in [0.2, 0.25) is 4.34 Å². The van der Waals surface area contributed by atoms with Crippen molar-refractivity contribution in [3.05, 3.63) is 38.2 Å². The Labute approximate surface area is 346 Å². The summed E-state index contributed by atoms with van der Waals surface area (Å²) in [6.45, 7) is 17.3. The summed E-state index contributed by atoms with van der Waals surface area (Å²) in [7, 11) is 0. The van der Waals surface area contributed by atoms with Crippen molar-refractivity contribution < 1.29 is 47.9 Å². The van der Waals surface area contributed by atoms with Gasteiger partial charge < -0.3 is 45.2 Å². The number of amides is 5. The van der Waals surface area contributed by atoms with E-state index in [0.29, 0.717) is 18.9 Å². The van der Waals surface area contributed by atoms with Crippen LogP contribution >= 0.6 is 22.9 Å². The molecule has 0 spiro atoms. The molecule has 0 aromatic carbocycles. The van der Waals surface area contributed by atoms with Crippen LogP contribution in [0.15, 0.2) is 22.2 Å². The second-order valence-corrected chi connectivity index (χ2v) is 17.3. The average Bonchev–Trinajstić information content (AvgIpc) is 3.46. The molecular formula is C37H55ClN8O11S. The molecule has 0 unspecified atom stereocenters. The van der Waals surface area contributed by atoms with Gasteiger partial charge in [0.05, 0.1) is 31.1 Å². The normalized spacial score (nSPS) is 15.6. The number of hydrogen-bond donors (Lipinski definition) is 5. The van der Waals surface area contributed by atoms with Gasteiger partial charge in [-0.05, 0) is 68.2 Å². The molecule has 0 radical (unpaired) electrons.